The zero-order valence-electron chi connectivity index (χ0n) is 10.6. The van der Waals surface area contributed by atoms with Gasteiger partial charge in [0.25, 0.3) is 0 Å². The maximum atomic E-state index is 13.3. The third-order valence-electron chi connectivity index (χ3n) is 3.02. The summed E-state index contributed by atoms with van der Waals surface area (Å²) in [6, 6.07) is 8.61. The number of aromatic nitrogens is 2. The molecule has 21 heavy (non-hydrogen) atoms. The van der Waals surface area contributed by atoms with Gasteiger partial charge in [0.2, 0.25) is 5.91 Å². The molecule has 3 rings (SSSR count). The molecule has 2 heterocycles. The van der Waals surface area contributed by atoms with Crippen LogP contribution >= 0.6 is 11.8 Å². The molecule has 1 aliphatic rings. The molecule has 0 saturated heterocycles. The first-order chi connectivity index (χ1) is 9.97. The number of carbonyl (C=O) groups excluding carboxylic acids is 1. The lowest BCUT2D eigenvalue weighted by Crippen LogP contribution is -2.20. The molecule has 1 N–H and O–H groups in total. The summed E-state index contributed by atoms with van der Waals surface area (Å²) in [6.07, 6.45) is -3.16. The predicted octanol–water partition coefficient (Wildman–Crippen LogP) is 3.16. The summed E-state index contributed by atoms with van der Waals surface area (Å²) in [6.45, 7) is 0. The molecule has 0 saturated carbocycles. The van der Waals surface area contributed by atoms with Crippen molar-refractivity contribution in [3.05, 3.63) is 42.4 Å². The first-order valence-corrected chi connectivity index (χ1v) is 7.12. The van der Waals surface area contributed by atoms with E-state index in [9.17, 15) is 18.0 Å². The molecule has 0 radical (unpaired) electrons. The summed E-state index contributed by atoms with van der Waals surface area (Å²) < 4.78 is 41.3. The number of hydrogen-bond acceptors (Lipinski definition) is 3. The number of amides is 1. The molecule has 0 fully saturated rings. The molecule has 1 amide bonds. The zero-order chi connectivity index (χ0) is 15.0. The number of nitrogens with zero attached hydrogens (tertiary/aromatic N) is 2. The fraction of sp³-hybridized carbons (Fsp3) is 0.231. The Balaban J connectivity index is 2.16. The van der Waals surface area contributed by atoms with Crippen molar-refractivity contribution < 1.29 is 18.0 Å². The third-order valence-corrected chi connectivity index (χ3v) is 4.28. The van der Waals surface area contributed by atoms with E-state index < -0.39 is 17.3 Å². The minimum Gasteiger partial charge on any atom is -0.308 e. The van der Waals surface area contributed by atoms with E-state index in [-0.39, 0.29) is 17.3 Å². The van der Waals surface area contributed by atoms with E-state index in [2.05, 4.69) is 10.3 Å². The van der Waals surface area contributed by atoms with Crippen molar-refractivity contribution in [1.29, 1.82) is 0 Å². The summed E-state index contributed by atoms with van der Waals surface area (Å²) in [5.41, 5.74) is 0.516. The van der Waals surface area contributed by atoms with Gasteiger partial charge in [-0.15, -0.1) is 11.8 Å². The number of alkyl halides is 3. The molecule has 0 aliphatic carbocycles. The largest absolute Gasteiger partial charge is 0.406 e. The Kier molecular flexibility index (Phi) is 3.40. The smallest absolute Gasteiger partial charge is 0.308 e. The highest BCUT2D eigenvalue weighted by Gasteiger charge is 2.46. The lowest BCUT2D eigenvalue weighted by molar-refractivity contribution is -0.130. The number of para-hydroxylation sites is 1. The molecule has 0 bridgehead atoms. The number of nitrogens with one attached hydrogen (secondary N) is 1. The molecule has 1 aliphatic heterocycles. The molecule has 8 heteroatoms. The highest BCUT2D eigenvalue weighted by Crippen LogP contribution is 2.47. The first-order valence-electron chi connectivity index (χ1n) is 6.07. The van der Waals surface area contributed by atoms with Gasteiger partial charge in [-0.05, 0) is 12.1 Å². The summed E-state index contributed by atoms with van der Waals surface area (Å²) in [5, 5.41) is 0.626. The van der Waals surface area contributed by atoms with Crippen molar-refractivity contribution >= 4 is 23.5 Å². The van der Waals surface area contributed by atoms with Crippen molar-refractivity contribution in [2.24, 2.45) is 0 Å². The van der Waals surface area contributed by atoms with Crippen molar-refractivity contribution in [2.75, 3.05) is 11.1 Å². The molecule has 1 aromatic carbocycles. The Morgan fingerprint density at radius 1 is 1.29 bits per heavy atom. The zero-order valence-corrected chi connectivity index (χ0v) is 11.4. The van der Waals surface area contributed by atoms with E-state index in [1.165, 1.54) is 10.9 Å². The van der Waals surface area contributed by atoms with E-state index in [1.807, 2.05) is 0 Å². The quantitative estimate of drug-likeness (QED) is 0.880. The van der Waals surface area contributed by atoms with Crippen LogP contribution in [0.5, 0.6) is 0 Å². The van der Waals surface area contributed by atoms with Gasteiger partial charge in [-0.25, -0.2) is 4.98 Å². The average molecular weight is 313 g/mol. The molecular weight excluding hydrogens is 303 g/mol. The average Bonchev–Trinajstić information content (AvgIpc) is 2.74. The molecule has 1 atom stereocenters. The topological polar surface area (TPSA) is 46.9 Å². The molecule has 110 valence electrons. The Labute approximate surface area is 122 Å². The minimum absolute atomic E-state index is 0.0313. The van der Waals surface area contributed by atoms with Crippen molar-refractivity contribution in [3.8, 4) is 5.69 Å². The van der Waals surface area contributed by atoms with Crippen LogP contribution in [0.2, 0.25) is 0 Å². The Hall–Kier alpha value is -1.96. The molecule has 0 spiro atoms. The van der Waals surface area contributed by atoms with Gasteiger partial charge in [0, 0.05) is 5.69 Å². The lowest BCUT2D eigenvalue weighted by Gasteiger charge is -2.20. The highest BCUT2D eigenvalue weighted by atomic mass is 32.2. The standard InChI is InChI=1S/C13H10F3N3OS/c14-13(15,16)11-10-12(18-9(20)6-21-11)17-7-19(10)8-4-2-1-3-5-8/h1-5,7,11H,6H2,(H,18,20). The van der Waals surface area contributed by atoms with Gasteiger partial charge >= 0.3 is 6.18 Å². The number of benzene rings is 1. The maximum absolute atomic E-state index is 13.3. The number of thioether (sulfide) groups is 1. The van der Waals surface area contributed by atoms with Crippen molar-refractivity contribution in [1.82, 2.24) is 9.55 Å². The van der Waals surface area contributed by atoms with Crippen LogP contribution in [0.25, 0.3) is 5.69 Å². The Morgan fingerprint density at radius 2 is 2.00 bits per heavy atom. The monoisotopic (exact) mass is 313 g/mol. The number of imidazole rings is 1. The van der Waals surface area contributed by atoms with Gasteiger partial charge in [0.15, 0.2) is 5.82 Å². The van der Waals surface area contributed by atoms with E-state index >= 15 is 0 Å². The second kappa shape index (κ2) is 5.10. The molecule has 1 unspecified atom stereocenters. The van der Waals surface area contributed by atoms with E-state index in [4.69, 9.17) is 0 Å². The number of rotatable bonds is 1. The van der Waals surface area contributed by atoms with Gasteiger partial charge in [0.1, 0.15) is 11.6 Å². The van der Waals surface area contributed by atoms with Crippen LogP contribution in [0, 0.1) is 0 Å². The highest BCUT2D eigenvalue weighted by molar-refractivity contribution is 8.00. The number of fused-ring (bicyclic) bond motifs is 1. The Bertz CT molecular complexity index is 669. The van der Waals surface area contributed by atoms with E-state index in [0.29, 0.717) is 17.4 Å². The van der Waals surface area contributed by atoms with E-state index in [0.717, 1.165) is 0 Å². The van der Waals surface area contributed by atoms with Gasteiger partial charge in [-0.1, -0.05) is 18.2 Å². The van der Waals surface area contributed by atoms with Gasteiger partial charge in [-0.3, -0.25) is 9.36 Å². The summed E-state index contributed by atoms with van der Waals surface area (Å²) >= 11 is 0.557. The van der Waals surface area contributed by atoms with Crippen LogP contribution < -0.4 is 5.32 Å². The van der Waals surface area contributed by atoms with Crippen LogP contribution in [0.15, 0.2) is 36.7 Å². The van der Waals surface area contributed by atoms with Crippen LogP contribution in [0.4, 0.5) is 19.0 Å². The number of hydrogen-bond donors (Lipinski definition) is 1. The van der Waals surface area contributed by atoms with E-state index in [1.54, 1.807) is 30.3 Å². The van der Waals surface area contributed by atoms with Crippen LogP contribution in [-0.2, 0) is 4.79 Å². The number of carbonyl (C=O) groups is 1. The van der Waals surface area contributed by atoms with Crippen molar-refractivity contribution in [3.63, 3.8) is 0 Å². The summed E-state index contributed by atoms with van der Waals surface area (Å²) in [5.74, 6) is -0.766. The maximum Gasteiger partial charge on any atom is 0.406 e. The second-order valence-corrected chi connectivity index (χ2v) is 5.56. The lowest BCUT2D eigenvalue weighted by atomic mass is 10.2. The first kappa shape index (κ1) is 14.0. The molecule has 2 aromatic rings. The SMILES string of the molecule is O=C1CSC(C(F)(F)F)c2c(ncn2-c2ccccc2)N1. The molecule has 1 aromatic heterocycles. The summed E-state index contributed by atoms with van der Waals surface area (Å²) in [7, 11) is 0. The molecular formula is C13H10F3N3OS. The van der Waals surface area contributed by atoms with Crippen LogP contribution in [0.1, 0.15) is 10.9 Å². The number of anilines is 1. The van der Waals surface area contributed by atoms with Gasteiger partial charge < -0.3 is 5.32 Å². The fourth-order valence-electron chi connectivity index (χ4n) is 2.15. The predicted molar refractivity (Wildman–Crippen MR) is 73.4 cm³/mol. The third kappa shape index (κ3) is 2.63. The van der Waals surface area contributed by atoms with Gasteiger partial charge in [0.05, 0.1) is 11.4 Å². The van der Waals surface area contributed by atoms with Gasteiger partial charge in [-0.2, -0.15) is 13.2 Å². The van der Waals surface area contributed by atoms with Crippen LogP contribution in [-0.4, -0.2) is 27.4 Å². The molecule has 4 nitrogen and oxygen atoms in total. The van der Waals surface area contributed by atoms with Crippen LogP contribution in [0.3, 0.4) is 0 Å². The summed E-state index contributed by atoms with van der Waals surface area (Å²) in [4.78, 5) is 15.4. The number of halogens is 3. The van der Waals surface area contributed by atoms with Crippen molar-refractivity contribution in [2.45, 2.75) is 11.4 Å². The minimum atomic E-state index is -4.46. The normalized spacial score (nSPS) is 18.8. The Morgan fingerprint density at radius 3 is 2.67 bits per heavy atom. The fourth-order valence-corrected chi connectivity index (χ4v) is 3.12. The second-order valence-electron chi connectivity index (χ2n) is 4.46.